The van der Waals surface area contributed by atoms with Gasteiger partial charge in [-0.15, -0.1) is 0 Å². The van der Waals surface area contributed by atoms with Crippen LogP contribution in [0.2, 0.25) is 0 Å². The van der Waals surface area contributed by atoms with E-state index < -0.39 is 10.0 Å². The molecule has 8 nitrogen and oxygen atoms in total. The van der Waals surface area contributed by atoms with E-state index in [-0.39, 0.29) is 17.3 Å². The highest BCUT2D eigenvalue weighted by Gasteiger charge is 2.45. The Bertz CT molecular complexity index is 709. The van der Waals surface area contributed by atoms with Crippen molar-refractivity contribution in [1.82, 2.24) is 14.7 Å². The minimum Gasteiger partial charge on any atom is -0.481 e. The van der Waals surface area contributed by atoms with Crippen molar-refractivity contribution in [2.45, 2.75) is 24.2 Å². The molecule has 9 heteroatoms. The summed E-state index contributed by atoms with van der Waals surface area (Å²) in [7, 11) is -1.55. The molecule has 0 bridgehead atoms. The Morgan fingerprint density at radius 3 is 2.96 bits per heavy atom. The first kappa shape index (κ1) is 16.0. The number of anilines is 1. The van der Waals surface area contributed by atoms with Crippen molar-refractivity contribution >= 4 is 15.8 Å². The Balaban J connectivity index is 1.39. The number of hydrogen-bond acceptors (Lipinski definition) is 7. The molecule has 1 N–H and O–H groups in total. The van der Waals surface area contributed by atoms with Gasteiger partial charge in [-0.05, 0) is 12.8 Å². The van der Waals surface area contributed by atoms with Gasteiger partial charge in [-0.1, -0.05) is 0 Å². The van der Waals surface area contributed by atoms with E-state index in [1.54, 1.807) is 7.11 Å². The number of rotatable bonds is 6. The first-order valence-electron chi connectivity index (χ1n) is 8.28. The number of nitrogens with zero attached hydrogens (tertiary/aromatic N) is 3. The second-order valence-corrected chi connectivity index (χ2v) is 8.76. The molecule has 4 rings (SSSR count). The molecule has 24 heavy (non-hydrogen) atoms. The molecule has 0 radical (unpaired) electrons. The van der Waals surface area contributed by atoms with Gasteiger partial charge in [-0.3, -0.25) is 0 Å². The monoisotopic (exact) mass is 354 g/mol. The van der Waals surface area contributed by atoms with Crippen molar-refractivity contribution in [1.29, 1.82) is 0 Å². The van der Waals surface area contributed by atoms with Crippen LogP contribution in [-0.2, 0) is 14.8 Å². The van der Waals surface area contributed by atoms with Crippen LogP contribution in [0.3, 0.4) is 0 Å². The molecular formula is C15H22N4O4S. The normalized spacial score (nSPS) is 29.7. The van der Waals surface area contributed by atoms with Crippen LogP contribution in [0.25, 0.3) is 0 Å². The summed E-state index contributed by atoms with van der Waals surface area (Å²) in [5.74, 6) is 1.87. The average Bonchev–Trinajstić information content (AvgIpc) is 3.26. The van der Waals surface area contributed by atoms with Crippen LogP contribution in [0.5, 0.6) is 5.88 Å². The molecule has 132 valence electrons. The van der Waals surface area contributed by atoms with Gasteiger partial charge in [0.2, 0.25) is 15.9 Å². The summed E-state index contributed by atoms with van der Waals surface area (Å²) >= 11 is 0. The number of aromatic nitrogens is 2. The fourth-order valence-corrected chi connectivity index (χ4v) is 4.97. The summed E-state index contributed by atoms with van der Waals surface area (Å²) in [4.78, 5) is 10.5. The Hall–Kier alpha value is -1.45. The molecule has 0 spiro atoms. The van der Waals surface area contributed by atoms with Gasteiger partial charge >= 0.3 is 0 Å². The maximum absolute atomic E-state index is 12.0. The number of nitrogens with one attached hydrogen (secondary N) is 1. The molecule has 0 aromatic carbocycles. The number of sulfonamides is 1. The molecule has 1 aliphatic carbocycles. The maximum Gasteiger partial charge on any atom is 0.218 e. The Morgan fingerprint density at radius 1 is 1.38 bits per heavy atom. The van der Waals surface area contributed by atoms with Gasteiger partial charge in [-0.2, -0.15) is 0 Å². The van der Waals surface area contributed by atoms with Crippen LogP contribution < -0.4 is 14.4 Å². The van der Waals surface area contributed by atoms with Gasteiger partial charge in [0.25, 0.3) is 0 Å². The third-order valence-electron chi connectivity index (χ3n) is 5.11. The first-order chi connectivity index (χ1) is 11.6. The van der Waals surface area contributed by atoms with Crippen molar-refractivity contribution in [3.05, 3.63) is 12.4 Å². The molecule has 2 saturated heterocycles. The van der Waals surface area contributed by atoms with Crippen molar-refractivity contribution in [3.8, 4) is 5.88 Å². The molecular weight excluding hydrogens is 332 g/mol. The molecule has 1 aromatic rings. The van der Waals surface area contributed by atoms with E-state index in [2.05, 4.69) is 19.6 Å². The third kappa shape index (κ3) is 3.07. The molecule has 1 saturated carbocycles. The van der Waals surface area contributed by atoms with Crippen molar-refractivity contribution < 1.29 is 17.9 Å². The van der Waals surface area contributed by atoms with Crippen molar-refractivity contribution in [2.24, 2.45) is 11.8 Å². The largest absolute Gasteiger partial charge is 0.481 e. The molecule has 3 aliphatic rings. The molecule has 0 unspecified atom stereocenters. The highest BCUT2D eigenvalue weighted by molar-refractivity contribution is 7.90. The predicted octanol–water partition coefficient (Wildman–Crippen LogP) is 0.0182. The zero-order chi connectivity index (χ0) is 16.7. The third-order valence-corrected chi connectivity index (χ3v) is 7.03. The highest BCUT2D eigenvalue weighted by Crippen LogP contribution is 2.36. The second kappa shape index (κ2) is 6.12. The fraction of sp³-hybridized carbons (Fsp3) is 0.733. The SMILES string of the molecule is COc1cc(N2C[C@@H]3[C@H](CNS(=O)(=O)C4CC4)CO[C@@H]3C2)ncn1. The van der Waals surface area contributed by atoms with Gasteiger partial charge in [0, 0.05) is 37.5 Å². The van der Waals surface area contributed by atoms with Gasteiger partial charge in [0.15, 0.2) is 0 Å². The molecule has 3 atom stereocenters. The molecule has 3 heterocycles. The van der Waals surface area contributed by atoms with Crippen LogP contribution in [0.4, 0.5) is 5.82 Å². The maximum atomic E-state index is 12.0. The van der Waals surface area contributed by atoms with E-state index in [1.165, 1.54) is 6.33 Å². The van der Waals surface area contributed by atoms with Crippen LogP contribution in [0.1, 0.15) is 12.8 Å². The Labute approximate surface area is 141 Å². The number of hydrogen-bond donors (Lipinski definition) is 1. The Kier molecular flexibility index (Phi) is 4.09. The summed E-state index contributed by atoms with van der Waals surface area (Å²) in [6, 6.07) is 1.81. The molecule has 3 fully saturated rings. The zero-order valence-electron chi connectivity index (χ0n) is 13.6. The summed E-state index contributed by atoms with van der Waals surface area (Å²) < 4.78 is 37.8. The molecule has 2 aliphatic heterocycles. The summed E-state index contributed by atoms with van der Waals surface area (Å²) in [5, 5.41) is -0.177. The second-order valence-electron chi connectivity index (χ2n) is 6.71. The van der Waals surface area contributed by atoms with E-state index in [4.69, 9.17) is 9.47 Å². The van der Waals surface area contributed by atoms with E-state index in [0.717, 1.165) is 31.7 Å². The van der Waals surface area contributed by atoms with Crippen LogP contribution in [-0.4, -0.2) is 63.1 Å². The predicted molar refractivity (Wildman–Crippen MR) is 87.5 cm³/mol. The van der Waals surface area contributed by atoms with E-state index >= 15 is 0 Å². The van der Waals surface area contributed by atoms with E-state index in [9.17, 15) is 8.42 Å². The van der Waals surface area contributed by atoms with Crippen molar-refractivity contribution in [3.63, 3.8) is 0 Å². The number of ether oxygens (including phenoxy) is 2. The minimum absolute atomic E-state index is 0.126. The van der Waals surface area contributed by atoms with E-state index in [1.807, 2.05) is 6.07 Å². The summed E-state index contributed by atoms with van der Waals surface area (Å²) in [5.41, 5.74) is 0. The van der Waals surface area contributed by atoms with Crippen LogP contribution in [0.15, 0.2) is 12.4 Å². The first-order valence-corrected chi connectivity index (χ1v) is 9.82. The van der Waals surface area contributed by atoms with Gasteiger partial charge in [0.1, 0.15) is 12.1 Å². The standard InChI is InChI=1S/C15H22N4O4S/c1-22-15-4-14(16-9-17-15)19-6-12-10(8-23-13(12)7-19)5-18-24(20,21)11-2-3-11/h4,9-13,18H,2-3,5-8H2,1H3/t10-,12-,13-/m1/s1. The zero-order valence-corrected chi connectivity index (χ0v) is 14.4. The lowest BCUT2D eigenvalue weighted by Gasteiger charge is -2.21. The van der Waals surface area contributed by atoms with Gasteiger partial charge < -0.3 is 14.4 Å². The minimum atomic E-state index is -3.13. The smallest absolute Gasteiger partial charge is 0.218 e. The average molecular weight is 354 g/mol. The fourth-order valence-electron chi connectivity index (χ4n) is 3.53. The van der Waals surface area contributed by atoms with Crippen molar-refractivity contribution in [2.75, 3.05) is 38.3 Å². The number of fused-ring (bicyclic) bond motifs is 1. The summed E-state index contributed by atoms with van der Waals surface area (Å²) in [6.07, 6.45) is 3.18. The lowest BCUT2D eigenvalue weighted by molar-refractivity contribution is 0.111. The van der Waals surface area contributed by atoms with Gasteiger partial charge in [0.05, 0.1) is 25.1 Å². The Morgan fingerprint density at radius 2 is 2.21 bits per heavy atom. The van der Waals surface area contributed by atoms with Crippen LogP contribution >= 0.6 is 0 Å². The van der Waals surface area contributed by atoms with E-state index in [0.29, 0.717) is 24.9 Å². The van der Waals surface area contributed by atoms with Gasteiger partial charge in [-0.25, -0.2) is 23.1 Å². The lowest BCUT2D eigenvalue weighted by atomic mass is 9.93. The lowest BCUT2D eigenvalue weighted by Crippen LogP contribution is -2.36. The highest BCUT2D eigenvalue weighted by atomic mass is 32.2. The summed E-state index contributed by atoms with van der Waals surface area (Å²) in [6.45, 7) is 2.64. The topological polar surface area (TPSA) is 93.7 Å². The molecule has 0 amide bonds. The quantitative estimate of drug-likeness (QED) is 0.769. The molecule has 1 aromatic heterocycles. The number of methoxy groups -OCH3 is 1. The van der Waals surface area contributed by atoms with Crippen LogP contribution in [0, 0.1) is 11.8 Å².